The molecule has 5 rings (SSSR count). The zero-order valence-electron chi connectivity index (χ0n) is 25.6. The molecule has 1 aromatic carbocycles. The number of imide groups is 2. The van der Waals surface area contributed by atoms with Gasteiger partial charge in [0.05, 0.1) is 24.3 Å². The van der Waals surface area contributed by atoms with Gasteiger partial charge in [-0.25, -0.2) is 0 Å². The lowest BCUT2D eigenvalue weighted by atomic mass is 9.78. The number of anilines is 1. The third kappa shape index (κ3) is 8.10. The maximum atomic E-state index is 13.2. The van der Waals surface area contributed by atoms with E-state index in [9.17, 15) is 19.2 Å². The van der Waals surface area contributed by atoms with Crippen LogP contribution in [0.25, 0.3) is 0 Å². The molecule has 45 heavy (non-hydrogen) atoms. The highest BCUT2D eigenvalue weighted by atomic mass is 32.2. The molecule has 0 aliphatic carbocycles. The Labute approximate surface area is 267 Å². The fourth-order valence-corrected chi connectivity index (χ4v) is 7.06. The number of ether oxygens (including phenoxy) is 1. The van der Waals surface area contributed by atoms with E-state index in [0.29, 0.717) is 54.2 Å². The Morgan fingerprint density at radius 2 is 1.73 bits per heavy atom. The van der Waals surface area contributed by atoms with Crippen molar-refractivity contribution >= 4 is 53.3 Å². The third-order valence-corrected chi connectivity index (χ3v) is 9.82. The summed E-state index contributed by atoms with van der Waals surface area (Å²) in [6.07, 6.45) is 7.23. The van der Waals surface area contributed by atoms with Crippen molar-refractivity contribution < 1.29 is 28.5 Å². The smallest absolute Gasteiger partial charge is 0.262 e. The molecular formula is C31H43N7O6S. The monoisotopic (exact) mass is 641 g/mol. The van der Waals surface area contributed by atoms with Crippen LogP contribution in [0, 0.1) is 11.8 Å². The molecule has 0 aromatic heterocycles. The molecule has 3 fully saturated rings. The van der Waals surface area contributed by atoms with Gasteiger partial charge in [-0.2, -0.15) is 5.10 Å². The van der Waals surface area contributed by atoms with Crippen molar-refractivity contribution in [2.24, 2.45) is 27.8 Å². The number of nitrogens with one attached hydrogen (secondary N) is 1. The molecule has 13 nitrogen and oxygen atoms in total. The highest BCUT2D eigenvalue weighted by Gasteiger charge is 2.45. The largest absolute Gasteiger partial charge is 0.375 e. The summed E-state index contributed by atoms with van der Waals surface area (Å²) < 4.78 is 14.2. The van der Waals surface area contributed by atoms with Gasteiger partial charge in [-0.15, -0.1) is 0 Å². The topological polar surface area (TPSA) is 170 Å². The molecule has 4 heterocycles. The first-order valence-electron chi connectivity index (χ1n) is 15.8. The van der Waals surface area contributed by atoms with Gasteiger partial charge >= 0.3 is 0 Å². The summed E-state index contributed by atoms with van der Waals surface area (Å²) in [6, 6.07) is 4.43. The van der Waals surface area contributed by atoms with Gasteiger partial charge in [0.2, 0.25) is 11.8 Å². The number of benzene rings is 1. The van der Waals surface area contributed by atoms with Crippen LogP contribution >= 0.6 is 12.0 Å². The van der Waals surface area contributed by atoms with Gasteiger partial charge in [-0.3, -0.25) is 34.4 Å². The molecule has 4 aliphatic rings. The summed E-state index contributed by atoms with van der Waals surface area (Å²) in [4.78, 5) is 60.4. The van der Waals surface area contributed by atoms with Gasteiger partial charge in [-0.05, 0) is 93.7 Å². The predicted molar refractivity (Wildman–Crippen MR) is 173 cm³/mol. The number of nitrogens with zero attached hydrogens (tertiary/aromatic N) is 5. The van der Waals surface area contributed by atoms with E-state index in [2.05, 4.69) is 25.2 Å². The maximum Gasteiger partial charge on any atom is 0.262 e. The number of piperidine rings is 3. The minimum absolute atomic E-state index is 0.104. The van der Waals surface area contributed by atoms with Crippen LogP contribution in [0.15, 0.2) is 28.3 Å². The molecule has 0 radical (unpaired) electrons. The van der Waals surface area contributed by atoms with Gasteiger partial charge in [0.15, 0.2) is 0 Å². The number of hydrogen-bond acceptors (Lipinski definition) is 12. The molecule has 4 aliphatic heterocycles. The van der Waals surface area contributed by atoms with Crippen LogP contribution in [0.5, 0.6) is 0 Å². The highest BCUT2D eigenvalue weighted by molar-refractivity contribution is 7.93. The van der Waals surface area contributed by atoms with E-state index in [4.69, 9.17) is 15.1 Å². The van der Waals surface area contributed by atoms with Crippen LogP contribution in [0.2, 0.25) is 0 Å². The molecule has 1 aromatic rings. The summed E-state index contributed by atoms with van der Waals surface area (Å²) in [6.45, 7) is 6.35. The van der Waals surface area contributed by atoms with Crippen molar-refractivity contribution in [3.8, 4) is 0 Å². The number of nitrogens with two attached hydrogens (primary N) is 1. The molecule has 4 amide bonds. The minimum atomic E-state index is -0.954. The summed E-state index contributed by atoms with van der Waals surface area (Å²) in [5, 5.41) is 5.98. The van der Waals surface area contributed by atoms with E-state index in [1.54, 1.807) is 18.3 Å². The number of aliphatic imine (C=N–C) groups is 1. The van der Waals surface area contributed by atoms with Crippen molar-refractivity contribution in [1.29, 1.82) is 0 Å². The molecule has 0 saturated carbocycles. The van der Waals surface area contributed by atoms with Crippen LogP contribution in [-0.2, 0) is 14.3 Å². The lowest BCUT2D eigenvalue weighted by Gasteiger charge is -2.40. The Bertz CT molecular complexity index is 1310. The van der Waals surface area contributed by atoms with Gasteiger partial charge in [-0.1, -0.05) is 0 Å². The summed E-state index contributed by atoms with van der Waals surface area (Å²) in [5.74, 6) is 5.53. The van der Waals surface area contributed by atoms with Crippen molar-refractivity contribution in [3.05, 3.63) is 29.3 Å². The first-order chi connectivity index (χ1) is 21.9. The van der Waals surface area contributed by atoms with Crippen LogP contribution in [-0.4, -0.2) is 114 Å². The van der Waals surface area contributed by atoms with Crippen molar-refractivity contribution in [2.45, 2.75) is 51.0 Å². The number of amides is 4. The summed E-state index contributed by atoms with van der Waals surface area (Å²) in [7, 11) is 0. The fraction of sp³-hybridized carbons (Fsp3) is 0.613. The number of hydrogen-bond donors (Lipinski definition) is 3. The zero-order valence-corrected chi connectivity index (χ0v) is 26.4. The Hall–Kier alpha value is -3.33. The van der Waals surface area contributed by atoms with Crippen molar-refractivity contribution in [1.82, 2.24) is 15.1 Å². The lowest BCUT2D eigenvalue weighted by molar-refractivity contribution is -0.136. The molecule has 244 valence electrons. The molecule has 0 bridgehead atoms. The van der Waals surface area contributed by atoms with E-state index in [1.165, 1.54) is 12.8 Å². The van der Waals surface area contributed by atoms with E-state index in [1.807, 2.05) is 6.07 Å². The third-order valence-electron chi connectivity index (χ3n) is 9.35. The number of likely N-dealkylation sites (tertiary alicyclic amines) is 1. The second kappa shape index (κ2) is 15.8. The lowest BCUT2D eigenvalue weighted by Crippen LogP contribution is -2.54. The van der Waals surface area contributed by atoms with Gasteiger partial charge in [0.1, 0.15) is 11.8 Å². The number of rotatable bonds is 13. The molecule has 1 atom stereocenters. The van der Waals surface area contributed by atoms with E-state index in [-0.39, 0.29) is 18.7 Å². The summed E-state index contributed by atoms with van der Waals surface area (Å²) >= 11 is 0.808. The molecule has 14 heteroatoms. The van der Waals surface area contributed by atoms with Crippen LogP contribution in [0.3, 0.4) is 0 Å². The predicted octanol–water partition coefficient (Wildman–Crippen LogP) is 2.01. The van der Waals surface area contributed by atoms with Gasteiger partial charge in [0, 0.05) is 50.3 Å². The molecule has 3 saturated heterocycles. The average Bonchev–Trinajstić information content (AvgIpc) is 3.30. The fourth-order valence-electron chi connectivity index (χ4n) is 6.81. The Morgan fingerprint density at radius 3 is 2.42 bits per heavy atom. The first kappa shape index (κ1) is 33.0. The highest BCUT2D eigenvalue weighted by Crippen LogP contribution is 2.36. The number of carbonyl (C=O) groups is 4. The standard InChI is InChI=1S/C31H43N7O6S/c32-35-23(20-44-16-1-17-45-43)19-33-10-15-36-11-6-21(7-12-36)22-8-13-37(14-9-22)24-2-3-25-26(18-24)31(42)38(30(25)41)27-4-5-28(39)34-29(27)40/h2-3,18-19,21-22,27,43H,1,4-17,20,32H2,(H,34,39,40)/b33-19?,35-23+. The second-order valence-electron chi connectivity index (χ2n) is 12.1. The Morgan fingerprint density at radius 1 is 1.02 bits per heavy atom. The van der Waals surface area contributed by atoms with Crippen LogP contribution < -0.4 is 16.1 Å². The zero-order chi connectivity index (χ0) is 31.8. The SMILES string of the molecule is N/N=C(\C=NCCN1CCC(C2CCN(c3ccc4c(c3)C(=O)N(C3CCC(=O)NC3=O)C4=O)CC2)CC1)COCCCSO. The Balaban J connectivity index is 1.04. The number of fused-ring (bicyclic) bond motifs is 1. The molecular weight excluding hydrogens is 598 g/mol. The van der Waals surface area contributed by atoms with Gasteiger partial charge in [0.25, 0.3) is 11.8 Å². The molecule has 0 spiro atoms. The van der Waals surface area contributed by atoms with Gasteiger partial charge < -0.3 is 24.9 Å². The first-order valence-corrected chi connectivity index (χ1v) is 16.8. The van der Waals surface area contributed by atoms with Crippen LogP contribution in [0.1, 0.15) is 65.7 Å². The van der Waals surface area contributed by atoms with E-state index < -0.39 is 23.8 Å². The van der Waals surface area contributed by atoms with Crippen molar-refractivity contribution in [2.75, 3.05) is 63.1 Å². The molecule has 1 unspecified atom stereocenters. The number of hydrazone groups is 1. The maximum absolute atomic E-state index is 13.2. The average molecular weight is 642 g/mol. The quantitative estimate of drug-likeness (QED) is 0.0723. The Kier molecular flexibility index (Phi) is 11.6. The van der Waals surface area contributed by atoms with E-state index >= 15 is 0 Å². The number of carbonyl (C=O) groups excluding carboxylic acids is 4. The van der Waals surface area contributed by atoms with Crippen molar-refractivity contribution in [3.63, 3.8) is 0 Å². The minimum Gasteiger partial charge on any atom is -0.375 e. The normalized spacial score (nSPS) is 22.5. The van der Waals surface area contributed by atoms with E-state index in [0.717, 1.165) is 74.6 Å². The summed E-state index contributed by atoms with van der Waals surface area (Å²) in [5.41, 5.74) is 2.16. The molecule has 4 N–H and O–H groups in total. The van der Waals surface area contributed by atoms with Crippen LogP contribution in [0.4, 0.5) is 5.69 Å². The second-order valence-corrected chi connectivity index (χ2v) is 12.7.